The summed E-state index contributed by atoms with van der Waals surface area (Å²) in [6.45, 7) is 4.37. The molecule has 1 fully saturated rings. The van der Waals surface area contributed by atoms with Gasteiger partial charge in [0.25, 0.3) is 11.7 Å². The lowest BCUT2D eigenvalue weighted by atomic mass is 9.95. The summed E-state index contributed by atoms with van der Waals surface area (Å²) in [5.74, 6) is -1.51. The fourth-order valence-electron chi connectivity index (χ4n) is 4.33. The van der Waals surface area contributed by atoms with Crippen molar-refractivity contribution in [3.05, 3.63) is 95.1 Å². The summed E-state index contributed by atoms with van der Waals surface area (Å²) in [7, 11) is 1.51. The number of hydrogen-bond donors (Lipinski definition) is 1. The average Bonchev–Trinajstić information content (AvgIpc) is 3.21. The number of Topliss-reactive ketones (excluding diaryl/α,β-unsaturated/α-hetero) is 1. The standard InChI is InChI=1S/C30H29NO7/c1-4-15-38-24-14-8-10-20(18-24)27(32)25-26(19-9-7-13-23(17-19)36-3)31(29(34)28(25)33)22-12-6-11-21(16-22)30(35)37-5-2/h6-14,16-18,26,32H,4-5,15H2,1-3H3/b27-25+. The molecule has 1 heterocycles. The molecule has 8 nitrogen and oxygen atoms in total. The molecule has 0 bridgehead atoms. The minimum atomic E-state index is -0.984. The molecule has 1 aliphatic rings. The molecule has 1 amide bonds. The Hall–Kier alpha value is -4.59. The summed E-state index contributed by atoms with van der Waals surface area (Å²) >= 11 is 0. The number of carbonyl (C=O) groups excluding carboxylic acids is 3. The largest absolute Gasteiger partial charge is 0.507 e. The second kappa shape index (κ2) is 11.6. The lowest BCUT2D eigenvalue weighted by Gasteiger charge is -2.26. The Bertz CT molecular complexity index is 1390. The molecule has 1 aliphatic heterocycles. The van der Waals surface area contributed by atoms with E-state index in [1.54, 1.807) is 73.7 Å². The number of ether oxygens (including phenoxy) is 3. The van der Waals surface area contributed by atoms with Crippen LogP contribution in [0.15, 0.2) is 78.4 Å². The van der Waals surface area contributed by atoms with E-state index in [1.165, 1.54) is 18.1 Å². The highest BCUT2D eigenvalue weighted by Crippen LogP contribution is 2.43. The van der Waals surface area contributed by atoms with Gasteiger partial charge in [0.2, 0.25) is 0 Å². The van der Waals surface area contributed by atoms with Crippen LogP contribution in [0.4, 0.5) is 5.69 Å². The monoisotopic (exact) mass is 515 g/mol. The maximum atomic E-state index is 13.5. The predicted molar refractivity (Wildman–Crippen MR) is 142 cm³/mol. The zero-order chi connectivity index (χ0) is 27.2. The molecular formula is C30H29NO7. The number of amides is 1. The molecule has 0 saturated carbocycles. The highest BCUT2D eigenvalue weighted by Gasteiger charge is 2.47. The Morgan fingerprint density at radius 1 is 0.921 bits per heavy atom. The van der Waals surface area contributed by atoms with E-state index in [0.29, 0.717) is 34.9 Å². The van der Waals surface area contributed by atoms with E-state index in [4.69, 9.17) is 14.2 Å². The Morgan fingerprint density at radius 2 is 1.63 bits per heavy atom. The number of hydrogen-bond acceptors (Lipinski definition) is 7. The molecule has 0 radical (unpaired) electrons. The quantitative estimate of drug-likeness (QED) is 0.179. The Morgan fingerprint density at radius 3 is 2.37 bits per heavy atom. The zero-order valence-corrected chi connectivity index (χ0v) is 21.5. The number of esters is 1. The van der Waals surface area contributed by atoms with E-state index in [0.717, 1.165) is 6.42 Å². The lowest BCUT2D eigenvalue weighted by molar-refractivity contribution is -0.132. The molecule has 1 atom stereocenters. The van der Waals surface area contributed by atoms with Crippen molar-refractivity contribution >= 4 is 29.1 Å². The van der Waals surface area contributed by atoms with E-state index >= 15 is 0 Å². The number of benzene rings is 3. The molecule has 3 aromatic rings. The highest BCUT2D eigenvalue weighted by molar-refractivity contribution is 6.51. The third-order valence-electron chi connectivity index (χ3n) is 6.07. The third kappa shape index (κ3) is 5.25. The van der Waals surface area contributed by atoms with Crippen LogP contribution in [0.5, 0.6) is 11.5 Å². The van der Waals surface area contributed by atoms with Crippen LogP contribution < -0.4 is 14.4 Å². The van der Waals surface area contributed by atoms with Gasteiger partial charge < -0.3 is 19.3 Å². The first kappa shape index (κ1) is 26.5. The van der Waals surface area contributed by atoms with Gasteiger partial charge >= 0.3 is 5.97 Å². The summed E-state index contributed by atoms with van der Waals surface area (Å²) in [5, 5.41) is 11.4. The zero-order valence-electron chi connectivity index (χ0n) is 21.5. The van der Waals surface area contributed by atoms with Crippen molar-refractivity contribution in [3.8, 4) is 11.5 Å². The van der Waals surface area contributed by atoms with E-state index in [2.05, 4.69) is 0 Å². The van der Waals surface area contributed by atoms with Crippen LogP contribution >= 0.6 is 0 Å². The lowest BCUT2D eigenvalue weighted by Crippen LogP contribution is -2.29. The number of methoxy groups -OCH3 is 1. The van der Waals surface area contributed by atoms with Gasteiger partial charge in [-0.25, -0.2) is 4.79 Å². The van der Waals surface area contributed by atoms with Crippen LogP contribution in [-0.2, 0) is 14.3 Å². The van der Waals surface area contributed by atoms with Gasteiger partial charge in [0, 0.05) is 11.3 Å². The normalized spacial score (nSPS) is 16.4. The molecule has 1 N–H and O–H groups in total. The van der Waals surface area contributed by atoms with E-state index < -0.39 is 23.7 Å². The SMILES string of the molecule is CCCOc1cccc(/C(O)=C2\C(=O)C(=O)N(c3cccc(C(=O)OCC)c3)C2c2cccc(OC)c2)c1. The van der Waals surface area contributed by atoms with Crippen molar-refractivity contribution < 1.29 is 33.7 Å². The Balaban J connectivity index is 1.89. The summed E-state index contributed by atoms with van der Waals surface area (Å²) in [5.41, 5.74) is 1.34. The van der Waals surface area contributed by atoms with Crippen LogP contribution in [-0.4, -0.2) is 43.1 Å². The van der Waals surface area contributed by atoms with Crippen LogP contribution in [0.3, 0.4) is 0 Å². The van der Waals surface area contributed by atoms with Gasteiger partial charge in [-0.2, -0.15) is 0 Å². The van der Waals surface area contributed by atoms with Gasteiger partial charge in [0.15, 0.2) is 0 Å². The average molecular weight is 516 g/mol. The maximum Gasteiger partial charge on any atom is 0.338 e. The number of rotatable bonds is 9. The molecule has 0 aromatic heterocycles. The molecule has 3 aromatic carbocycles. The first-order valence-corrected chi connectivity index (χ1v) is 12.3. The van der Waals surface area contributed by atoms with Crippen molar-refractivity contribution in [2.24, 2.45) is 0 Å². The molecule has 1 unspecified atom stereocenters. The first-order chi connectivity index (χ1) is 18.4. The summed E-state index contributed by atoms with van der Waals surface area (Å²) in [4.78, 5) is 40.6. The number of aliphatic hydroxyl groups excluding tert-OH is 1. The second-order valence-corrected chi connectivity index (χ2v) is 8.59. The van der Waals surface area contributed by atoms with Gasteiger partial charge in [0.1, 0.15) is 17.3 Å². The van der Waals surface area contributed by atoms with Gasteiger partial charge in [-0.3, -0.25) is 14.5 Å². The Labute approximate surface area is 221 Å². The number of nitrogens with zero attached hydrogens (tertiary/aromatic N) is 1. The van der Waals surface area contributed by atoms with Crippen molar-refractivity contribution in [3.63, 3.8) is 0 Å². The van der Waals surface area contributed by atoms with Crippen LogP contribution in [0.25, 0.3) is 5.76 Å². The second-order valence-electron chi connectivity index (χ2n) is 8.59. The number of ketones is 1. The molecule has 4 rings (SSSR count). The minimum Gasteiger partial charge on any atom is -0.507 e. The van der Waals surface area contributed by atoms with E-state index in [-0.39, 0.29) is 23.5 Å². The van der Waals surface area contributed by atoms with Crippen molar-refractivity contribution in [1.82, 2.24) is 0 Å². The summed E-state index contributed by atoms with van der Waals surface area (Å²) < 4.78 is 16.2. The fourth-order valence-corrected chi connectivity index (χ4v) is 4.33. The smallest absolute Gasteiger partial charge is 0.338 e. The molecule has 8 heteroatoms. The maximum absolute atomic E-state index is 13.5. The van der Waals surface area contributed by atoms with Crippen LogP contribution in [0.2, 0.25) is 0 Å². The van der Waals surface area contributed by atoms with Crippen molar-refractivity contribution in [2.45, 2.75) is 26.3 Å². The van der Waals surface area contributed by atoms with Crippen molar-refractivity contribution in [1.29, 1.82) is 0 Å². The molecule has 0 aliphatic carbocycles. The molecule has 1 saturated heterocycles. The molecule has 196 valence electrons. The number of aliphatic hydroxyl groups is 1. The molecular weight excluding hydrogens is 486 g/mol. The van der Waals surface area contributed by atoms with Crippen LogP contribution in [0, 0.1) is 0 Å². The minimum absolute atomic E-state index is 0.0857. The van der Waals surface area contributed by atoms with Gasteiger partial charge in [-0.1, -0.05) is 37.3 Å². The van der Waals surface area contributed by atoms with E-state index in [9.17, 15) is 19.5 Å². The van der Waals surface area contributed by atoms with Gasteiger partial charge in [-0.05, 0) is 61.4 Å². The summed E-state index contributed by atoms with van der Waals surface area (Å²) in [6.07, 6.45) is 0.808. The van der Waals surface area contributed by atoms with Crippen LogP contribution in [0.1, 0.15) is 47.8 Å². The number of carbonyl (C=O) groups is 3. The highest BCUT2D eigenvalue weighted by atomic mass is 16.5. The number of anilines is 1. The Kier molecular flexibility index (Phi) is 8.11. The van der Waals surface area contributed by atoms with Gasteiger partial charge in [0.05, 0.1) is 37.5 Å². The topological polar surface area (TPSA) is 102 Å². The predicted octanol–water partition coefficient (Wildman–Crippen LogP) is 5.29. The third-order valence-corrected chi connectivity index (χ3v) is 6.07. The first-order valence-electron chi connectivity index (χ1n) is 12.3. The van der Waals surface area contributed by atoms with Gasteiger partial charge in [-0.15, -0.1) is 0 Å². The van der Waals surface area contributed by atoms with Crippen molar-refractivity contribution in [2.75, 3.05) is 25.2 Å². The fraction of sp³-hybridized carbons (Fsp3) is 0.233. The molecule has 0 spiro atoms. The van der Waals surface area contributed by atoms with E-state index in [1.807, 2.05) is 6.92 Å². The molecule has 38 heavy (non-hydrogen) atoms. The summed E-state index contributed by atoms with van der Waals surface area (Å²) in [6, 6.07) is 19.0.